The van der Waals surface area contributed by atoms with E-state index in [1.165, 1.54) is 30.6 Å². The molecule has 1 unspecified atom stereocenters. The van der Waals surface area contributed by atoms with E-state index in [-0.39, 0.29) is 16.5 Å². The number of thiophene rings is 1. The first-order valence-electron chi connectivity index (χ1n) is 11.3. The lowest BCUT2D eigenvalue weighted by atomic mass is 10.1. The van der Waals surface area contributed by atoms with Gasteiger partial charge in [0.25, 0.3) is 10.0 Å². The number of rotatable bonds is 1. The van der Waals surface area contributed by atoms with Crippen molar-refractivity contribution >= 4 is 37.3 Å². The Morgan fingerprint density at radius 1 is 1.05 bits per heavy atom. The SMILES string of the molecule is COc1ncc2cc1NS(=O)(=O)c1cccc(c1)C(O)NCc1cncc(c1)-c1ccnc3cc-2sc13. The number of aromatic nitrogens is 3. The van der Waals surface area contributed by atoms with Crippen molar-refractivity contribution in [2.75, 3.05) is 11.8 Å². The van der Waals surface area contributed by atoms with Gasteiger partial charge in [-0.25, -0.2) is 13.4 Å². The highest BCUT2D eigenvalue weighted by molar-refractivity contribution is 7.92. The normalized spacial score (nSPS) is 16.5. The van der Waals surface area contributed by atoms with Crippen LogP contribution in [0.3, 0.4) is 0 Å². The van der Waals surface area contributed by atoms with Crippen LogP contribution in [-0.2, 0) is 16.6 Å². The fourth-order valence-corrected chi connectivity index (χ4v) is 6.48. The minimum atomic E-state index is -4.01. The highest BCUT2D eigenvalue weighted by Gasteiger charge is 2.21. The lowest BCUT2D eigenvalue weighted by Gasteiger charge is -2.16. The van der Waals surface area contributed by atoms with Crippen molar-refractivity contribution in [3.63, 3.8) is 0 Å². The molecule has 0 saturated heterocycles. The predicted molar refractivity (Wildman–Crippen MR) is 142 cm³/mol. The number of hydrogen-bond acceptors (Lipinski definition) is 9. The summed E-state index contributed by atoms with van der Waals surface area (Å²) < 4.78 is 35.5. The minimum Gasteiger partial charge on any atom is -0.480 e. The molecule has 0 saturated carbocycles. The van der Waals surface area contributed by atoms with Gasteiger partial charge in [-0.3, -0.25) is 20.0 Å². The van der Waals surface area contributed by atoms with E-state index >= 15 is 0 Å². The van der Waals surface area contributed by atoms with E-state index in [4.69, 9.17) is 4.74 Å². The Labute approximate surface area is 216 Å². The molecule has 8 bridgehead atoms. The fourth-order valence-electron chi connectivity index (χ4n) is 4.25. The van der Waals surface area contributed by atoms with Crippen molar-refractivity contribution < 1.29 is 18.3 Å². The van der Waals surface area contributed by atoms with Crippen molar-refractivity contribution in [3.05, 3.63) is 84.4 Å². The van der Waals surface area contributed by atoms with Gasteiger partial charge in [-0.1, -0.05) is 12.1 Å². The molecule has 1 aromatic carbocycles. The maximum atomic E-state index is 13.3. The van der Waals surface area contributed by atoms with Crippen molar-refractivity contribution in [3.8, 4) is 27.4 Å². The quantitative estimate of drug-likeness (QED) is 0.292. The number of aliphatic hydroxyl groups is 1. The molecule has 4 aromatic heterocycles. The van der Waals surface area contributed by atoms with Gasteiger partial charge in [0.15, 0.2) is 0 Å². The smallest absolute Gasteiger partial charge is 0.262 e. The molecule has 0 fully saturated rings. The molecule has 0 radical (unpaired) electrons. The number of pyridine rings is 3. The molecule has 5 aromatic rings. The molecule has 37 heavy (non-hydrogen) atoms. The van der Waals surface area contributed by atoms with E-state index < -0.39 is 16.3 Å². The lowest BCUT2D eigenvalue weighted by molar-refractivity contribution is 0.137. The molecule has 5 heterocycles. The molecule has 186 valence electrons. The largest absolute Gasteiger partial charge is 0.480 e. The van der Waals surface area contributed by atoms with Crippen LogP contribution < -0.4 is 14.8 Å². The Bertz CT molecular complexity index is 1750. The Kier molecular flexibility index (Phi) is 5.84. The molecule has 1 atom stereocenters. The van der Waals surface area contributed by atoms with Gasteiger partial charge in [-0.15, -0.1) is 11.3 Å². The molecule has 3 N–H and O–H groups in total. The summed E-state index contributed by atoms with van der Waals surface area (Å²) in [5.41, 5.74) is 4.91. The van der Waals surface area contributed by atoms with Gasteiger partial charge in [0.1, 0.15) is 11.9 Å². The highest BCUT2D eigenvalue weighted by Crippen LogP contribution is 2.40. The van der Waals surface area contributed by atoms with Crippen LogP contribution in [0.4, 0.5) is 5.69 Å². The van der Waals surface area contributed by atoms with E-state index in [0.717, 1.165) is 31.8 Å². The summed E-state index contributed by atoms with van der Waals surface area (Å²) >= 11 is 1.53. The van der Waals surface area contributed by atoms with Gasteiger partial charge in [0.2, 0.25) is 5.88 Å². The topological polar surface area (TPSA) is 126 Å². The summed E-state index contributed by atoms with van der Waals surface area (Å²) in [7, 11) is -2.58. The standard InChI is InChI=1S/C26H21N5O4S2/c1-35-26-22-9-18(14-30-26)23-10-21-24(36-23)20(5-6-28-21)17-7-15(11-27-13-17)12-29-25(32)16-3-2-4-19(8-16)37(33,34)31-22/h2-11,13-14,25,29,31-32H,12H2,1H3. The van der Waals surface area contributed by atoms with E-state index in [1.807, 2.05) is 18.2 Å². The Hall–Kier alpha value is -3.90. The monoisotopic (exact) mass is 531 g/mol. The lowest BCUT2D eigenvalue weighted by Crippen LogP contribution is -2.21. The molecule has 6 rings (SSSR count). The summed E-state index contributed by atoms with van der Waals surface area (Å²) in [4.78, 5) is 14.2. The number of anilines is 1. The van der Waals surface area contributed by atoms with Gasteiger partial charge in [-0.05, 0) is 47.5 Å². The van der Waals surface area contributed by atoms with Gasteiger partial charge < -0.3 is 9.84 Å². The third-order valence-electron chi connectivity index (χ3n) is 6.07. The fraction of sp³-hybridized carbons (Fsp3) is 0.115. The number of fused-ring (bicyclic) bond motifs is 9. The van der Waals surface area contributed by atoms with Crippen LogP contribution in [0.1, 0.15) is 17.4 Å². The second kappa shape index (κ2) is 9.20. The maximum Gasteiger partial charge on any atom is 0.262 e. The van der Waals surface area contributed by atoms with Gasteiger partial charge in [0.05, 0.1) is 22.2 Å². The molecule has 11 heteroatoms. The summed E-state index contributed by atoms with van der Waals surface area (Å²) in [6, 6.07) is 13.8. The summed E-state index contributed by atoms with van der Waals surface area (Å²) in [6.45, 7) is 0.328. The van der Waals surface area contributed by atoms with Crippen molar-refractivity contribution in [2.45, 2.75) is 17.7 Å². The number of sulfonamides is 1. The summed E-state index contributed by atoms with van der Waals surface area (Å²) in [5, 5.41) is 13.8. The second-order valence-electron chi connectivity index (χ2n) is 8.51. The van der Waals surface area contributed by atoms with Crippen molar-refractivity contribution in [1.29, 1.82) is 0 Å². The van der Waals surface area contributed by atoms with E-state index in [1.54, 1.807) is 43.0 Å². The van der Waals surface area contributed by atoms with Crippen LogP contribution in [0.2, 0.25) is 0 Å². The molecular formula is C26H21N5O4S2. The van der Waals surface area contributed by atoms with Crippen LogP contribution in [0.15, 0.2) is 78.2 Å². The van der Waals surface area contributed by atoms with Crippen LogP contribution in [-0.4, -0.2) is 35.6 Å². The number of ether oxygens (including phenoxy) is 1. The molecule has 9 nitrogen and oxygen atoms in total. The first kappa shape index (κ1) is 23.5. The molecule has 0 amide bonds. The highest BCUT2D eigenvalue weighted by atomic mass is 32.2. The van der Waals surface area contributed by atoms with E-state index in [9.17, 15) is 13.5 Å². The van der Waals surface area contributed by atoms with Crippen LogP contribution >= 0.6 is 11.3 Å². The first-order chi connectivity index (χ1) is 17.9. The van der Waals surface area contributed by atoms with Gasteiger partial charge >= 0.3 is 0 Å². The van der Waals surface area contributed by atoms with E-state index in [0.29, 0.717) is 17.7 Å². The second-order valence-corrected chi connectivity index (χ2v) is 11.2. The summed E-state index contributed by atoms with van der Waals surface area (Å²) in [5.74, 6) is 0.141. The Balaban J connectivity index is 1.57. The van der Waals surface area contributed by atoms with Crippen LogP contribution in [0.25, 0.3) is 31.8 Å². The minimum absolute atomic E-state index is 0.00112. The summed E-state index contributed by atoms with van der Waals surface area (Å²) in [6.07, 6.45) is 5.84. The average molecular weight is 532 g/mol. The zero-order chi connectivity index (χ0) is 25.6. The average Bonchev–Trinajstić information content (AvgIpc) is 3.36. The maximum absolute atomic E-state index is 13.3. The Morgan fingerprint density at radius 3 is 2.81 bits per heavy atom. The predicted octanol–water partition coefficient (Wildman–Crippen LogP) is 4.32. The number of hydrogen-bond donors (Lipinski definition) is 3. The molecule has 0 aliphatic carbocycles. The Morgan fingerprint density at radius 2 is 1.95 bits per heavy atom. The molecular weight excluding hydrogens is 510 g/mol. The van der Waals surface area contributed by atoms with Crippen LogP contribution in [0, 0.1) is 0 Å². The number of nitrogens with zero attached hydrogens (tertiary/aromatic N) is 3. The zero-order valence-electron chi connectivity index (χ0n) is 19.5. The third-order valence-corrected chi connectivity index (χ3v) is 8.64. The molecule has 1 aliphatic rings. The van der Waals surface area contributed by atoms with Crippen molar-refractivity contribution in [1.82, 2.24) is 20.3 Å². The third kappa shape index (κ3) is 4.42. The number of methoxy groups -OCH3 is 1. The zero-order valence-corrected chi connectivity index (χ0v) is 21.2. The first-order valence-corrected chi connectivity index (χ1v) is 13.6. The number of benzene rings is 1. The number of aliphatic hydroxyl groups excluding tert-OH is 1. The molecule has 1 aliphatic heterocycles. The van der Waals surface area contributed by atoms with Crippen LogP contribution in [0.5, 0.6) is 5.88 Å². The van der Waals surface area contributed by atoms with Crippen molar-refractivity contribution in [2.24, 2.45) is 0 Å². The molecule has 0 spiro atoms. The van der Waals surface area contributed by atoms with Gasteiger partial charge in [-0.2, -0.15) is 0 Å². The number of nitrogens with one attached hydrogen (secondary N) is 2. The van der Waals surface area contributed by atoms with E-state index in [2.05, 4.69) is 25.0 Å². The van der Waals surface area contributed by atoms with Gasteiger partial charge in [0, 0.05) is 52.9 Å².